The average Bonchev–Trinajstić information content (AvgIpc) is 2.98. The van der Waals surface area contributed by atoms with Gasteiger partial charge in [-0.3, -0.25) is 4.79 Å². The van der Waals surface area contributed by atoms with Crippen molar-refractivity contribution in [3.63, 3.8) is 0 Å². The van der Waals surface area contributed by atoms with Crippen molar-refractivity contribution >= 4 is 5.91 Å². The molecule has 19 heavy (non-hydrogen) atoms. The largest absolute Gasteiger partial charge is 0.467 e. The number of hydrogen-bond donors (Lipinski definition) is 3. The summed E-state index contributed by atoms with van der Waals surface area (Å²) in [6.07, 6.45) is -0.731. The normalized spacial score (nSPS) is 13.8. The van der Waals surface area contributed by atoms with E-state index in [1.165, 1.54) is 6.26 Å². The van der Waals surface area contributed by atoms with Gasteiger partial charge in [0, 0.05) is 0 Å². The maximum atomic E-state index is 11.7. The van der Waals surface area contributed by atoms with Gasteiger partial charge < -0.3 is 19.9 Å². The number of carbonyl (C=O) groups excluding carboxylic acids is 1. The molecule has 2 aromatic rings. The molecule has 0 saturated carbocycles. The van der Waals surface area contributed by atoms with E-state index in [1.54, 1.807) is 42.5 Å². The molecular weight excluding hydrogens is 246 g/mol. The molecule has 0 saturated heterocycles. The van der Waals surface area contributed by atoms with Crippen LogP contribution in [0.2, 0.25) is 0 Å². The number of rotatable bonds is 5. The lowest BCUT2D eigenvalue weighted by molar-refractivity contribution is -0.130. The van der Waals surface area contributed by atoms with Gasteiger partial charge in [0.1, 0.15) is 11.9 Å². The minimum Gasteiger partial charge on any atom is -0.467 e. The van der Waals surface area contributed by atoms with E-state index in [0.717, 1.165) is 0 Å². The smallest absolute Gasteiger partial charge is 0.253 e. The summed E-state index contributed by atoms with van der Waals surface area (Å²) in [5.74, 6) is -0.189. The van der Waals surface area contributed by atoms with Crippen LogP contribution in [0.1, 0.15) is 23.5 Å². The quantitative estimate of drug-likeness (QED) is 0.754. The highest BCUT2D eigenvalue weighted by molar-refractivity contribution is 5.81. The Morgan fingerprint density at radius 1 is 1.16 bits per heavy atom. The van der Waals surface area contributed by atoms with Crippen molar-refractivity contribution < 1.29 is 19.4 Å². The maximum absolute atomic E-state index is 11.7. The van der Waals surface area contributed by atoms with Gasteiger partial charge in [0.15, 0.2) is 6.10 Å². The highest BCUT2D eigenvalue weighted by Crippen LogP contribution is 2.14. The topological polar surface area (TPSA) is 82.7 Å². The Hall–Kier alpha value is -2.11. The first-order chi connectivity index (χ1) is 9.18. The van der Waals surface area contributed by atoms with E-state index in [4.69, 9.17) is 4.42 Å². The summed E-state index contributed by atoms with van der Waals surface area (Å²) >= 11 is 0. The van der Waals surface area contributed by atoms with Crippen LogP contribution in [0, 0.1) is 0 Å². The van der Waals surface area contributed by atoms with Crippen molar-refractivity contribution in [1.82, 2.24) is 5.32 Å². The first-order valence-electron chi connectivity index (χ1n) is 5.90. The van der Waals surface area contributed by atoms with Gasteiger partial charge in [0.25, 0.3) is 5.91 Å². The van der Waals surface area contributed by atoms with Crippen LogP contribution >= 0.6 is 0 Å². The van der Waals surface area contributed by atoms with Gasteiger partial charge in [-0.05, 0) is 17.7 Å². The van der Waals surface area contributed by atoms with Crippen LogP contribution < -0.4 is 5.32 Å². The van der Waals surface area contributed by atoms with Crippen LogP contribution in [-0.4, -0.2) is 22.7 Å². The minimum absolute atomic E-state index is 0.0176. The zero-order chi connectivity index (χ0) is 13.7. The Bertz CT molecular complexity index is 510. The molecule has 5 nitrogen and oxygen atoms in total. The third-order valence-corrected chi connectivity index (χ3v) is 2.70. The summed E-state index contributed by atoms with van der Waals surface area (Å²) in [5, 5.41) is 22.0. The van der Waals surface area contributed by atoms with E-state index < -0.39 is 18.1 Å². The van der Waals surface area contributed by atoms with Crippen molar-refractivity contribution in [2.75, 3.05) is 6.54 Å². The SMILES string of the molecule is O=C(NC[C@@H](O)c1ccco1)[C@H](O)c1ccccc1. The number of nitrogens with one attached hydrogen (secondary N) is 1. The lowest BCUT2D eigenvalue weighted by atomic mass is 10.1. The number of furan rings is 1. The summed E-state index contributed by atoms with van der Waals surface area (Å²) in [6.45, 7) is -0.0176. The molecule has 0 aliphatic rings. The van der Waals surface area contributed by atoms with Gasteiger partial charge in [0.2, 0.25) is 0 Å². The molecule has 1 aromatic heterocycles. The molecular formula is C14H15NO4. The molecule has 0 aliphatic carbocycles. The van der Waals surface area contributed by atoms with E-state index in [2.05, 4.69) is 5.32 Å². The molecule has 1 heterocycles. The Kier molecular flexibility index (Phi) is 4.33. The predicted molar refractivity (Wildman–Crippen MR) is 68.1 cm³/mol. The van der Waals surface area contributed by atoms with Crippen molar-refractivity contribution in [2.45, 2.75) is 12.2 Å². The predicted octanol–water partition coefficient (Wildman–Crippen LogP) is 1.16. The summed E-state index contributed by atoms with van der Waals surface area (Å²) in [6, 6.07) is 11.9. The summed E-state index contributed by atoms with van der Waals surface area (Å²) in [4.78, 5) is 11.7. The van der Waals surface area contributed by atoms with Crippen molar-refractivity contribution in [3.05, 3.63) is 60.1 Å². The lowest BCUT2D eigenvalue weighted by Gasteiger charge is -2.13. The van der Waals surface area contributed by atoms with E-state index in [1.807, 2.05) is 0 Å². The Morgan fingerprint density at radius 2 is 1.89 bits per heavy atom. The number of carbonyl (C=O) groups is 1. The van der Waals surface area contributed by atoms with Gasteiger partial charge in [-0.25, -0.2) is 0 Å². The Morgan fingerprint density at radius 3 is 2.53 bits per heavy atom. The standard InChI is InChI=1S/C14H15NO4/c16-11(12-7-4-8-19-12)9-15-14(18)13(17)10-5-2-1-3-6-10/h1-8,11,13,16-17H,9H2,(H,15,18)/t11-,13-/m1/s1. The monoisotopic (exact) mass is 261 g/mol. The summed E-state index contributed by atoms with van der Waals surface area (Å²) < 4.78 is 5.01. The fraction of sp³-hybridized carbons (Fsp3) is 0.214. The molecule has 3 N–H and O–H groups in total. The van der Waals surface area contributed by atoms with E-state index in [9.17, 15) is 15.0 Å². The van der Waals surface area contributed by atoms with Crippen LogP contribution in [0.5, 0.6) is 0 Å². The van der Waals surface area contributed by atoms with Crippen LogP contribution in [0.15, 0.2) is 53.1 Å². The Balaban J connectivity index is 1.88. The lowest BCUT2D eigenvalue weighted by Crippen LogP contribution is -2.32. The molecule has 100 valence electrons. The van der Waals surface area contributed by atoms with Crippen molar-refractivity contribution in [2.24, 2.45) is 0 Å². The molecule has 1 amide bonds. The van der Waals surface area contributed by atoms with Crippen LogP contribution in [0.25, 0.3) is 0 Å². The molecule has 0 spiro atoms. The third kappa shape index (κ3) is 3.43. The van der Waals surface area contributed by atoms with E-state index in [0.29, 0.717) is 11.3 Å². The third-order valence-electron chi connectivity index (χ3n) is 2.70. The van der Waals surface area contributed by atoms with Crippen molar-refractivity contribution in [1.29, 1.82) is 0 Å². The number of amides is 1. The van der Waals surface area contributed by atoms with E-state index >= 15 is 0 Å². The highest BCUT2D eigenvalue weighted by Gasteiger charge is 2.18. The molecule has 0 unspecified atom stereocenters. The molecule has 5 heteroatoms. The molecule has 1 aromatic carbocycles. The highest BCUT2D eigenvalue weighted by atomic mass is 16.4. The van der Waals surface area contributed by atoms with Crippen molar-refractivity contribution in [3.8, 4) is 0 Å². The molecule has 0 radical (unpaired) electrons. The number of aliphatic hydroxyl groups excluding tert-OH is 2. The second-order valence-electron chi connectivity index (χ2n) is 4.09. The first kappa shape index (κ1) is 13.3. The molecule has 2 rings (SSSR count). The average molecular weight is 261 g/mol. The molecule has 0 aliphatic heterocycles. The number of benzene rings is 1. The van der Waals surface area contributed by atoms with Crippen LogP contribution in [0.4, 0.5) is 0 Å². The second kappa shape index (κ2) is 6.17. The molecule has 0 bridgehead atoms. The summed E-state index contributed by atoms with van der Waals surface area (Å²) in [5.41, 5.74) is 0.507. The summed E-state index contributed by atoms with van der Waals surface area (Å²) in [7, 11) is 0. The minimum atomic E-state index is -1.25. The maximum Gasteiger partial charge on any atom is 0.253 e. The zero-order valence-corrected chi connectivity index (χ0v) is 10.2. The van der Waals surface area contributed by atoms with Crippen LogP contribution in [-0.2, 0) is 4.79 Å². The second-order valence-corrected chi connectivity index (χ2v) is 4.09. The van der Waals surface area contributed by atoms with Gasteiger partial charge in [0.05, 0.1) is 12.8 Å². The molecule has 0 fully saturated rings. The van der Waals surface area contributed by atoms with Gasteiger partial charge in [-0.1, -0.05) is 30.3 Å². The Labute approximate surface area is 110 Å². The van der Waals surface area contributed by atoms with Gasteiger partial charge in [-0.15, -0.1) is 0 Å². The first-order valence-corrected chi connectivity index (χ1v) is 5.90. The zero-order valence-electron chi connectivity index (χ0n) is 10.2. The van der Waals surface area contributed by atoms with Gasteiger partial charge in [-0.2, -0.15) is 0 Å². The molecule has 2 atom stereocenters. The number of aliphatic hydroxyl groups is 2. The number of hydrogen-bond acceptors (Lipinski definition) is 4. The fourth-order valence-electron chi connectivity index (χ4n) is 1.66. The van der Waals surface area contributed by atoms with E-state index in [-0.39, 0.29) is 6.54 Å². The van der Waals surface area contributed by atoms with Gasteiger partial charge >= 0.3 is 0 Å². The fourth-order valence-corrected chi connectivity index (χ4v) is 1.66. The van der Waals surface area contributed by atoms with Crippen LogP contribution in [0.3, 0.4) is 0 Å².